The number of carbonyl (C=O) groups is 1. The molecule has 0 saturated heterocycles. The van der Waals surface area contributed by atoms with Crippen LogP contribution in [0.25, 0.3) is 10.9 Å². The average molecular weight is 224 g/mol. The topological polar surface area (TPSA) is 42.0 Å². The van der Waals surface area contributed by atoms with E-state index >= 15 is 0 Å². The highest BCUT2D eigenvalue weighted by Gasteiger charge is 2.11. The van der Waals surface area contributed by atoms with Gasteiger partial charge >= 0.3 is 0 Å². The van der Waals surface area contributed by atoms with Gasteiger partial charge in [0, 0.05) is 17.1 Å². The van der Waals surface area contributed by atoms with Crippen LogP contribution in [0.15, 0.2) is 36.5 Å². The number of amides is 1. The van der Waals surface area contributed by atoms with Crippen molar-refractivity contribution >= 4 is 16.8 Å². The lowest BCUT2D eigenvalue weighted by Crippen LogP contribution is -2.31. The van der Waals surface area contributed by atoms with Gasteiger partial charge in [-0.3, -0.25) is 9.78 Å². The number of hydrogen-bond acceptors (Lipinski definition) is 2. The number of hydrogen-bond donors (Lipinski definition) is 1. The van der Waals surface area contributed by atoms with Gasteiger partial charge in [-0.2, -0.15) is 0 Å². The zero-order valence-electron chi connectivity index (χ0n) is 9.47. The van der Waals surface area contributed by atoms with Crippen LogP contribution in [0.5, 0.6) is 0 Å². The van der Waals surface area contributed by atoms with Crippen LogP contribution in [-0.4, -0.2) is 16.9 Å². The molecule has 0 bridgehead atoms. The van der Waals surface area contributed by atoms with Crippen LogP contribution in [-0.2, 0) is 0 Å². The fraction of sp³-hybridized carbons (Fsp3) is 0.143. The molecule has 0 aliphatic carbocycles. The number of carbonyl (C=O) groups excluding carboxylic acids is 1. The van der Waals surface area contributed by atoms with Gasteiger partial charge in [-0.05, 0) is 25.1 Å². The van der Waals surface area contributed by atoms with E-state index in [9.17, 15) is 4.79 Å². The van der Waals surface area contributed by atoms with E-state index in [1.165, 1.54) is 0 Å². The summed E-state index contributed by atoms with van der Waals surface area (Å²) in [5.74, 6) is 2.29. The van der Waals surface area contributed by atoms with E-state index in [2.05, 4.69) is 16.2 Å². The molecule has 0 fully saturated rings. The standard InChI is InChI=1S/C14H12N2O/c1-3-10(2)16-14(17)12-6-4-8-13-11(12)7-5-9-15-13/h1,4-10H,2H3,(H,16,17). The van der Waals surface area contributed by atoms with Gasteiger partial charge in [0.2, 0.25) is 0 Å². The summed E-state index contributed by atoms with van der Waals surface area (Å²) in [5.41, 5.74) is 1.39. The van der Waals surface area contributed by atoms with Crippen molar-refractivity contribution in [3.8, 4) is 12.3 Å². The number of benzene rings is 1. The molecule has 17 heavy (non-hydrogen) atoms. The molecule has 1 unspecified atom stereocenters. The lowest BCUT2D eigenvalue weighted by atomic mass is 10.1. The molecule has 84 valence electrons. The van der Waals surface area contributed by atoms with Gasteiger partial charge in [-0.1, -0.05) is 18.1 Å². The van der Waals surface area contributed by atoms with Crippen molar-refractivity contribution in [2.24, 2.45) is 0 Å². The zero-order chi connectivity index (χ0) is 12.3. The van der Waals surface area contributed by atoms with E-state index in [4.69, 9.17) is 6.42 Å². The van der Waals surface area contributed by atoms with Gasteiger partial charge in [0.25, 0.3) is 5.91 Å². The van der Waals surface area contributed by atoms with Crippen molar-refractivity contribution in [2.45, 2.75) is 13.0 Å². The highest BCUT2D eigenvalue weighted by Crippen LogP contribution is 2.16. The molecule has 3 nitrogen and oxygen atoms in total. The van der Waals surface area contributed by atoms with Crippen LogP contribution >= 0.6 is 0 Å². The van der Waals surface area contributed by atoms with Crippen molar-refractivity contribution in [3.05, 3.63) is 42.1 Å². The summed E-state index contributed by atoms with van der Waals surface area (Å²) in [6.45, 7) is 1.77. The van der Waals surface area contributed by atoms with E-state index in [-0.39, 0.29) is 11.9 Å². The molecular weight excluding hydrogens is 212 g/mol. The summed E-state index contributed by atoms with van der Waals surface area (Å²) in [5, 5.41) is 3.57. The van der Waals surface area contributed by atoms with E-state index in [1.54, 1.807) is 19.2 Å². The SMILES string of the molecule is C#CC(C)NC(=O)c1cccc2ncccc12. The number of nitrogens with zero attached hydrogens (tertiary/aromatic N) is 1. The Labute approximate surface area is 99.9 Å². The largest absolute Gasteiger partial charge is 0.339 e. The maximum absolute atomic E-state index is 12.0. The van der Waals surface area contributed by atoms with Gasteiger partial charge in [0.05, 0.1) is 11.6 Å². The minimum absolute atomic E-state index is 0.172. The van der Waals surface area contributed by atoms with Crippen LogP contribution in [0.2, 0.25) is 0 Å². The van der Waals surface area contributed by atoms with E-state index in [1.807, 2.05) is 24.3 Å². The van der Waals surface area contributed by atoms with Crippen LogP contribution in [0.1, 0.15) is 17.3 Å². The second-order valence-electron chi connectivity index (χ2n) is 3.74. The molecule has 0 aliphatic rings. The van der Waals surface area contributed by atoms with Gasteiger partial charge in [0.1, 0.15) is 0 Å². The number of fused-ring (bicyclic) bond motifs is 1. The lowest BCUT2D eigenvalue weighted by Gasteiger charge is -2.09. The van der Waals surface area contributed by atoms with Crippen LogP contribution < -0.4 is 5.32 Å². The first-order valence-electron chi connectivity index (χ1n) is 5.33. The number of nitrogens with one attached hydrogen (secondary N) is 1. The fourth-order valence-electron chi connectivity index (χ4n) is 1.62. The molecule has 0 spiro atoms. The smallest absolute Gasteiger partial charge is 0.252 e. The van der Waals surface area contributed by atoms with Crippen molar-refractivity contribution < 1.29 is 4.79 Å². The Hall–Kier alpha value is -2.34. The Kier molecular flexibility index (Phi) is 3.06. The molecule has 1 aromatic carbocycles. The maximum atomic E-state index is 12.0. The second kappa shape index (κ2) is 4.67. The van der Waals surface area contributed by atoms with Crippen LogP contribution in [0.3, 0.4) is 0 Å². The molecule has 0 aliphatic heterocycles. The summed E-state index contributed by atoms with van der Waals surface area (Å²) < 4.78 is 0. The number of terminal acetylenes is 1. The quantitative estimate of drug-likeness (QED) is 0.792. The maximum Gasteiger partial charge on any atom is 0.252 e. The Morgan fingerprint density at radius 1 is 1.41 bits per heavy atom. The van der Waals surface area contributed by atoms with Crippen molar-refractivity contribution in [1.82, 2.24) is 10.3 Å². The van der Waals surface area contributed by atoms with E-state index in [0.717, 1.165) is 10.9 Å². The van der Waals surface area contributed by atoms with Gasteiger partial charge < -0.3 is 5.32 Å². The Balaban J connectivity index is 2.42. The molecule has 0 saturated carbocycles. The average Bonchev–Trinajstić information content (AvgIpc) is 2.37. The second-order valence-corrected chi connectivity index (χ2v) is 3.74. The summed E-state index contributed by atoms with van der Waals surface area (Å²) >= 11 is 0. The summed E-state index contributed by atoms with van der Waals surface area (Å²) in [6, 6.07) is 8.85. The van der Waals surface area contributed by atoms with Gasteiger partial charge in [-0.15, -0.1) is 6.42 Å². The minimum atomic E-state index is -0.283. The molecule has 2 rings (SSSR count). The summed E-state index contributed by atoms with van der Waals surface area (Å²) in [7, 11) is 0. The molecule has 1 N–H and O–H groups in total. The third kappa shape index (κ3) is 2.26. The van der Waals surface area contributed by atoms with Crippen molar-refractivity contribution in [1.29, 1.82) is 0 Å². The summed E-state index contributed by atoms with van der Waals surface area (Å²) in [6.07, 6.45) is 6.94. The molecular formula is C14H12N2O. The Bertz CT molecular complexity index is 593. The highest BCUT2D eigenvalue weighted by molar-refractivity contribution is 6.06. The number of rotatable bonds is 2. The first-order valence-corrected chi connectivity index (χ1v) is 5.33. The third-order valence-corrected chi connectivity index (χ3v) is 2.49. The molecule has 3 heteroatoms. The Morgan fingerprint density at radius 2 is 2.24 bits per heavy atom. The predicted molar refractivity (Wildman–Crippen MR) is 67.5 cm³/mol. The molecule has 1 aromatic heterocycles. The Morgan fingerprint density at radius 3 is 3.00 bits per heavy atom. The highest BCUT2D eigenvalue weighted by atomic mass is 16.1. The monoisotopic (exact) mass is 224 g/mol. The van der Waals surface area contributed by atoms with Crippen LogP contribution in [0, 0.1) is 12.3 Å². The number of pyridine rings is 1. The number of aromatic nitrogens is 1. The lowest BCUT2D eigenvalue weighted by molar-refractivity contribution is 0.0950. The molecule has 1 atom stereocenters. The zero-order valence-corrected chi connectivity index (χ0v) is 9.47. The van der Waals surface area contributed by atoms with E-state index in [0.29, 0.717) is 5.56 Å². The molecule has 0 radical (unpaired) electrons. The van der Waals surface area contributed by atoms with Crippen LogP contribution in [0.4, 0.5) is 0 Å². The normalized spacial score (nSPS) is 11.8. The molecule has 1 heterocycles. The van der Waals surface area contributed by atoms with Gasteiger partial charge in [0.15, 0.2) is 0 Å². The van der Waals surface area contributed by atoms with Gasteiger partial charge in [-0.25, -0.2) is 0 Å². The van der Waals surface area contributed by atoms with E-state index < -0.39 is 0 Å². The fourth-order valence-corrected chi connectivity index (χ4v) is 1.62. The summed E-state index contributed by atoms with van der Waals surface area (Å²) in [4.78, 5) is 16.2. The minimum Gasteiger partial charge on any atom is -0.339 e. The first kappa shape index (κ1) is 11.2. The van der Waals surface area contributed by atoms with Crippen molar-refractivity contribution in [2.75, 3.05) is 0 Å². The molecule has 2 aromatic rings. The third-order valence-electron chi connectivity index (χ3n) is 2.49. The molecule has 1 amide bonds. The predicted octanol–water partition coefficient (Wildman–Crippen LogP) is 1.99. The van der Waals surface area contributed by atoms with Crippen molar-refractivity contribution in [3.63, 3.8) is 0 Å². The first-order chi connectivity index (χ1) is 8.22.